The minimum absolute atomic E-state index is 0.256. The van der Waals surface area contributed by atoms with E-state index in [4.69, 9.17) is 10.5 Å². The van der Waals surface area contributed by atoms with Crippen molar-refractivity contribution in [1.29, 1.82) is 0 Å². The maximum absolute atomic E-state index is 5.46. The number of nitrogens with zero attached hydrogens (tertiary/aromatic N) is 2. The Morgan fingerprint density at radius 2 is 2.46 bits per heavy atom. The van der Waals surface area contributed by atoms with E-state index in [1.54, 1.807) is 12.4 Å². The van der Waals surface area contributed by atoms with Gasteiger partial charge in [0.25, 0.3) is 6.02 Å². The van der Waals surface area contributed by atoms with Gasteiger partial charge in [0.15, 0.2) is 0 Å². The number of hydrogen-bond donors (Lipinski definition) is 1. The van der Waals surface area contributed by atoms with Crippen molar-refractivity contribution in [3.63, 3.8) is 0 Å². The van der Waals surface area contributed by atoms with Gasteiger partial charge in [-0.2, -0.15) is 0 Å². The summed E-state index contributed by atoms with van der Waals surface area (Å²) in [6.07, 6.45) is 3.52. The quantitative estimate of drug-likeness (QED) is 0.684. The molecular weight excluding hydrogens is 166 g/mol. The molecule has 1 unspecified atom stereocenters. The Bertz CT molecular complexity index is 336. The van der Waals surface area contributed by atoms with Crippen LogP contribution < -0.4 is 5.73 Å². The van der Waals surface area contributed by atoms with Crippen LogP contribution in [0.25, 0.3) is 0 Å². The molecule has 1 aliphatic rings. The molecule has 1 aromatic heterocycles. The van der Waals surface area contributed by atoms with Crippen LogP contribution in [0.3, 0.4) is 0 Å². The van der Waals surface area contributed by atoms with Crippen molar-refractivity contribution in [2.75, 3.05) is 6.61 Å². The van der Waals surface area contributed by atoms with Crippen LogP contribution in [0, 0.1) is 0 Å². The predicted octanol–water partition coefficient (Wildman–Crippen LogP) is 0.642. The SMILES string of the molecule is CC1(c2cccnc2)COC(N)=N1. The van der Waals surface area contributed by atoms with Crippen molar-refractivity contribution >= 4 is 6.02 Å². The number of amidine groups is 1. The second-order valence-corrected chi connectivity index (χ2v) is 3.25. The molecular formula is C9H11N3O. The zero-order valence-electron chi connectivity index (χ0n) is 7.40. The zero-order chi connectivity index (χ0) is 9.31. The topological polar surface area (TPSA) is 60.5 Å². The summed E-state index contributed by atoms with van der Waals surface area (Å²) < 4.78 is 5.12. The molecule has 0 amide bonds. The lowest BCUT2D eigenvalue weighted by Crippen LogP contribution is -2.20. The zero-order valence-corrected chi connectivity index (χ0v) is 7.40. The van der Waals surface area contributed by atoms with Gasteiger partial charge in [0.1, 0.15) is 12.1 Å². The van der Waals surface area contributed by atoms with E-state index < -0.39 is 0 Å². The predicted molar refractivity (Wildman–Crippen MR) is 49.2 cm³/mol. The van der Waals surface area contributed by atoms with E-state index in [1.807, 2.05) is 19.1 Å². The Kier molecular flexibility index (Phi) is 1.69. The Morgan fingerprint density at radius 1 is 1.62 bits per heavy atom. The van der Waals surface area contributed by atoms with Crippen LogP contribution in [0.15, 0.2) is 29.5 Å². The number of pyridine rings is 1. The van der Waals surface area contributed by atoms with Gasteiger partial charge in [0.05, 0.1) is 0 Å². The summed E-state index contributed by atoms with van der Waals surface area (Å²) in [6, 6.07) is 4.11. The van der Waals surface area contributed by atoms with Gasteiger partial charge < -0.3 is 10.5 Å². The van der Waals surface area contributed by atoms with Gasteiger partial charge >= 0.3 is 0 Å². The minimum Gasteiger partial charge on any atom is -0.462 e. The van der Waals surface area contributed by atoms with E-state index in [0.29, 0.717) is 6.61 Å². The summed E-state index contributed by atoms with van der Waals surface area (Å²) in [4.78, 5) is 8.26. The third-order valence-corrected chi connectivity index (χ3v) is 2.14. The average Bonchev–Trinajstić information content (AvgIpc) is 2.49. The average molecular weight is 177 g/mol. The lowest BCUT2D eigenvalue weighted by atomic mass is 9.96. The van der Waals surface area contributed by atoms with Crippen LogP contribution in [-0.4, -0.2) is 17.6 Å². The second kappa shape index (κ2) is 2.73. The first-order valence-electron chi connectivity index (χ1n) is 4.09. The molecule has 0 saturated heterocycles. The van der Waals surface area contributed by atoms with Gasteiger partial charge in [0, 0.05) is 18.0 Å². The van der Waals surface area contributed by atoms with Crippen LogP contribution in [0.4, 0.5) is 0 Å². The Hall–Kier alpha value is -1.58. The molecule has 1 atom stereocenters. The summed E-state index contributed by atoms with van der Waals surface area (Å²) in [7, 11) is 0. The maximum atomic E-state index is 5.46. The number of nitrogens with two attached hydrogens (primary N) is 1. The van der Waals surface area contributed by atoms with Crippen LogP contribution in [0.5, 0.6) is 0 Å². The van der Waals surface area contributed by atoms with E-state index in [-0.39, 0.29) is 11.6 Å². The highest BCUT2D eigenvalue weighted by atomic mass is 16.5. The van der Waals surface area contributed by atoms with Crippen molar-refractivity contribution in [3.05, 3.63) is 30.1 Å². The Balaban J connectivity index is 2.37. The molecule has 0 aromatic carbocycles. The van der Waals surface area contributed by atoms with Crippen molar-refractivity contribution in [1.82, 2.24) is 4.98 Å². The Labute approximate surface area is 76.5 Å². The second-order valence-electron chi connectivity index (χ2n) is 3.25. The third kappa shape index (κ3) is 1.35. The molecule has 0 aliphatic carbocycles. The number of ether oxygens (including phenoxy) is 1. The molecule has 4 heteroatoms. The number of aromatic nitrogens is 1. The fraction of sp³-hybridized carbons (Fsp3) is 0.333. The van der Waals surface area contributed by atoms with E-state index in [1.165, 1.54) is 0 Å². The largest absolute Gasteiger partial charge is 0.462 e. The molecule has 0 radical (unpaired) electrons. The molecule has 2 N–H and O–H groups in total. The first-order chi connectivity index (χ1) is 6.21. The number of rotatable bonds is 1. The van der Waals surface area contributed by atoms with Gasteiger partial charge in [-0.15, -0.1) is 0 Å². The molecule has 0 spiro atoms. The van der Waals surface area contributed by atoms with Gasteiger partial charge in [0.2, 0.25) is 0 Å². The maximum Gasteiger partial charge on any atom is 0.283 e. The molecule has 2 rings (SSSR count). The third-order valence-electron chi connectivity index (χ3n) is 2.14. The molecule has 4 nitrogen and oxygen atoms in total. The fourth-order valence-electron chi connectivity index (χ4n) is 1.35. The standard InChI is InChI=1S/C9H11N3O/c1-9(6-13-8(10)12-9)7-3-2-4-11-5-7/h2-5H,6H2,1H3,(H2,10,12). The summed E-state index contributed by atoms with van der Waals surface area (Å²) in [5, 5.41) is 0. The molecule has 2 heterocycles. The molecule has 1 aromatic rings. The molecule has 0 fully saturated rings. The van der Waals surface area contributed by atoms with Gasteiger partial charge in [-0.05, 0) is 13.0 Å². The van der Waals surface area contributed by atoms with Crippen molar-refractivity contribution in [2.45, 2.75) is 12.5 Å². The van der Waals surface area contributed by atoms with Crippen LogP contribution >= 0.6 is 0 Å². The highest BCUT2D eigenvalue weighted by Gasteiger charge is 2.32. The molecule has 0 bridgehead atoms. The highest BCUT2D eigenvalue weighted by Crippen LogP contribution is 2.28. The lowest BCUT2D eigenvalue weighted by Gasteiger charge is -2.17. The first-order valence-corrected chi connectivity index (χ1v) is 4.09. The summed E-state index contributed by atoms with van der Waals surface area (Å²) >= 11 is 0. The summed E-state index contributed by atoms with van der Waals surface area (Å²) in [6.45, 7) is 2.47. The minimum atomic E-state index is -0.363. The Morgan fingerprint density at radius 3 is 3.00 bits per heavy atom. The van der Waals surface area contributed by atoms with Crippen molar-refractivity contribution in [3.8, 4) is 0 Å². The first kappa shape index (κ1) is 8.04. The summed E-state index contributed by atoms with van der Waals surface area (Å²) in [5.41, 5.74) is 6.12. The fourth-order valence-corrected chi connectivity index (χ4v) is 1.35. The smallest absolute Gasteiger partial charge is 0.283 e. The number of aliphatic imine (C=N–C) groups is 1. The van der Waals surface area contributed by atoms with Gasteiger partial charge in [-0.1, -0.05) is 6.07 Å². The monoisotopic (exact) mass is 177 g/mol. The van der Waals surface area contributed by atoms with Crippen LogP contribution in [-0.2, 0) is 10.3 Å². The van der Waals surface area contributed by atoms with Crippen molar-refractivity contribution < 1.29 is 4.74 Å². The van der Waals surface area contributed by atoms with E-state index in [9.17, 15) is 0 Å². The van der Waals surface area contributed by atoms with E-state index in [0.717, 1.165) is 5.56 Å². The highest BCUT2D eigenvalue weighted by molar-refractivity contribution is 5.74. The van der Waals surface area contributed by atoms with Gasteiger partial charge in [-0.3, -0.25) is 4.98 Å². The van der Waals surface area contributed by atoms with Crippen molar-refractivity contribution in [2.24, 2.45) is 10.7 Å². The normalized spacial score (nSPS) is 26.7. The lowest BCUT2D eigenvalue weighted by molar-refractivity contribution is 0.266. The molecule has 13 heavy (non-hydrogen) atoms. The molecule has 1 aliphatic heterocycles. The van der Waals surface area contributed by atoms with E-state index in [2.05, 4.69) is 9.98 Å². The van der Waals surface area contributed by atoms with E-state index >= 15 is 0 Å². The number of hydrogen-bond acceptors (Lipinski definition) is 4. The van der Waals surface area contributed by atoms with Crippen LogP contribution in [0.2, 0.25) is 0 Å². The van der Waals surface area contributed by atoms with Gasteiger partial charge in [-0.25, -0.2) is 4.99 Å². The van der Waals surface area contributed by atoms with Crippen LogP contribution in [0.1, 0.15) is 12.5 Å². The molecule has 68 valence electrons. The summed E-state index contributed by atoms with van der Waals surface area (Å²) in [5.74, 6) is 0. The molecule has 0 saturated carbocycles.